The molecular weight excluding hydrogens is 250 g/mol. The van der Waals surface area contributed by atoms with Gasteiger partial charge in [0.15, 0.2) is 5.78 Å². The molecule has 18 heavy (non-hydrogen) atoms. The number of Topliss-reactive ketones (excluding diaryl/α,β-unsaturated/α-hetero) is 1. The number of phenolic OH excluding ortho intramolecular Hbond substituents is 2. The Balaban J connectivity index is 2.29. The maximum Gasteiger partial charge on any atom is 0.177 e. The third kappa shape index (κ3) is 2.51. The highest BCUT2D eigenvalue weighted by Gasteiger charge is 2.18. The number of carbonyl (C=O) groups excluding carboxylic acids is 1. The standard InChI is InChI=1S/C13H13NO3S/c1-7-3-9(15)13(10(16)4-7)11(17)5-12-14-8(2)6-18-12/h3-4,6,15-16H,5H2,1-2H3. The number of hydrogen-bond acceptors (Lipinski definition) is 5. The highest BCUT2D eigenvalue weighted by atomic mass is 32.1. The molecule has 1 aromatic heterocycles. The molecule has 0 aliphatic heterocycles. The number of aromatic nitrogens is 1. The van der Waals surface area contributed by atoms with Crippen LogP contribution >= 0.6 is 11.3 Å². The summed E-state index contributed by atoms with van der Waals surface area (Å²) in [6.07, 6.45) is 0.0860. The van der Waals surface area contributed by atoms with Crippen LogP contribution in [0.25, 0.3) is 0 Å². The van der Waals surface area contributed by atoms with Crippen molar-refractivity contribution in [3.05, 3.63) is 39.3 Å². The third-order valence-electron chi connectivity index (χ3n) is 2.50. The van der Waals surface area contributed by atoms with Crippen LogP contribution in [0.2, 0.25) is 0 Å². The molecule has 0 unspecified atom stereocenters. The lowest BCUT2D eigenvalue weighted by Crippen LogP contribution is -2.04. The number of aromatic hydroxyl groups is 2. The molecule has 0 bridgehead atoms. The molecule has 0 amide bonds. The summed E-state index contributed by atoms with van der Waals surface area (Å²) in [5.74, 6) is -0.712. The number of aryl methyl sites for hydroxylation is 2. The summed E-state index contributed by atoms with van der Waals surface area (Å²) in [4.78, 5) is 16.2. The molecule has 94 valence electrons. The van der Waals surface area contributed by atoms with E-state index in [1.54, 1.807) is 6.92 Å². The van der Waals surface area contributed by atoms with Gasteiger partial charge < -0.3 is 10.2 Å². The van der Waals surface area contributed by atoms with Gasteiger partial charge in [0.25, 0.3) is 0 Å². The Bertz CT molecular complexity index is 581. The topological polar surface area (TPSA) is 70.4 Å². The van der Waals surface area contributed by atoms with Gasteiger partial charge in [0.1, 0.15) is 22.1 Å². The van der Waals surface area contributed by atoms with E-state index >= 15 is 0 Å². The minimum absolute atomic E-state index is 0.0338. The number of thiazole rings is 1. The monoisotopic (exact) mass is 263 g/mol. The second kappa shape index (κ2) is 4.78. The maximum absolute atomic E-state index is 12.0. The zero-order valence-electron chi connectivity index (χ0n) is 10.1. The largest absolute Gasteiger partial charge is 0.507 e. The van der Waals surface area contributed by atoms with Gasteiger partial charge in [-0.05, 0) is 31.5 Å². The van der Waals surface area contributed by atoms with Crippen molar-refractivity contribution < 1.29 is 15.0 Å². The number of benzene rings is 1. The molecule has 0 aliphatic carbocycles. The van der Waals surface area contributed by atoms with Gasteiger partial charge in [-0.1, -0.05) is 0 Å². The fourth-order valence-electron chi connectivity index (χ4n) is 1.74. The number of hydrogen-bond donors (Lipinski definition) is 2. The summed E-state index contributed by atoms with van der Waals surface area (Å²) in [7, 11) is 0. The van der Waals surface area contributed by atoms with Crippen molar-refractivity contribution in [2.75, 3.05) is 0 Å². The van der Waals surface area contributed by atoms with Crippen LogP contribution in [0.1, 0.15) is 26.6 Å². The number of carbonyl (C=O) groups is 1. The van der Waals surface area contributed by atoms with Crippen LogP contribution in [0.15, 0.2) is 17.5 Å². The smallest absolute Gasteiger partial charge is 0.177 e. The molecule has 2 aromatic rings. The number of phenols is 2. The first-order chi connectivity index (χ1) is 8.47. The van der Waals surface area contributed by atoms with Crippen LogP contribution in [0, 0.1) is 13.8 Å². The molecule has 5 heteroatoms. The van der Waals surface area contributed by atoms with Crippen LogP contribution in [-0.4, -0.2) is 21.0 Å². The van der Waals surface area contributed by atoms with Gasteiger partial charge >= 0.3 is 0 Å². The Kier molecular flexibility index (Phi) is 3.34. The van der Waals surface area contributed by atoms with E-state index in [0.717, 1.165) is 5.69 Å². The SMILES string of the molecule is Cc1cc(O)c(C(=O)Cc2nc(C)cs2)c(O)c1. The van der Waals surface area contributed by atoms with Crippen molar-refractivity contribution in [3.63, 3.8) is 0 Å². The Labute approximate surface area is 109 Å². The summed E-state index contributed by atoms with van der Waals surface area (Å²) >= 11 is 1.39. The van der Waals surface area contributed by atoms with Gasteiger partial charge in [0.05, 0.1) is 6.42 Å². The van der Waals surface area contributed by atoms with Crippen molar-refractivity contribution in [2.45, 2.75) is 20.3 Å². The van der Waals surface area contributed by atoms with Crippen molar-refractivity contribution >= 4 is 17.1 Å². The van der Waals surface area contributed by atoms with Gasteiger partial charge in [0.2, 0.25) is 0 Å². The Morgan fingerprint density at radius 2 is 1.89 bits per heavy atom. The van der Waals surface area contributed by atoms with Crippen molar-refractivity contribution in [1.82, 2.24) is 4.98 Å². The first kappa shape index (κ1) is 12.6. The van der Waals surface area contributed by atoms with E-state index in [-0.39, 0.29) is 29.3 Å². The van der Waals surface area contributed by atoms with Crippen LogP contribution < -0.4 is 0 Å². The van der Waals surface area contributed by atoms with Crippen molar-refractivity contribution in [3.8, 4) is 11.5 Å². The molecule has 1 heterocycles. The highest BCUT2D eigenvalue weighted by Crippen LogP contribution is 2.30. The van der Waals surface area contributed by atoms with E-state index in [4.69, 9.17) is 0 Å². The van der Waals surface area contributed by atoms with E-state index in [1.807, 2.05) is 12.3 Å². The highest BCUT2D eigenvalue weighted by molar-refractivity contribution is 7.09. The lowest BCUT2D eigenvalue weighted by molar-refractivity contribution is 0.0987. The second-order valence-electron chi connectivity index (χ2n) is 4.16. The van der Waals surface area contributed by atoms with E-state index in [9.17, 15) is 15.0 Å². The van der Waals surface area contributed by atoms with Gasteiger partial charge in [0, 0.05) is 11.1 Å². The average molecular weight is 263 g/mol. The van der Waals surface area contributed by atoms with Gasteiger partial charge in [-0.2, -0.15) is 0 Å². The van der Waals surface area contributed by atoms with Gasteiger partial charge in [-0.3, -0.25) is 4.79 Å². The first-order valence-electron chi connectivity index (χ1n) is 5.44. The average Bonchev–Trinajstić information content (AvgIpc) is 2.62. The van der Waals surface area contributed by atoms with Crippen molar-refractivity contribution in [1.29, 1.82) is 0 Å². The van der Waals surface area contributed by atoms with E-state index in [1.165, 1.54) is 23.5 Å². The quantitative estimate of drug-likeness (QED) is 0.835. The number of rotatable bonds is 3. The molecule has 0 radical (unpaired) electrons. The fraction of sp³-hybridized carbons (Fsp3) is 0.231. The Hall–Kier alpha value is -1.88. The number of nitrogens with zero attached hydrogens (tertiary/aromatic N) is 1. The molecule has 0 saturated heterocycles. The molecule has 0 fully saturated rings. The molecule has 2 N–H and O–H groups in total. The zero-order valence-corrected chi connectivity index (χ0v) is 10.9. The molecule has 0 saturated carbocycles. The summed E-state index contributed by atoms with van der Waals surface area (Å²) in [5.41, 5.74) is 1.53. The predicted molar refractivity (Wildman–Crippen MR) is 69.4 cm³/mol. The van der Waals surface area contributed by atoms with E-state index in [2.05, 4.69) is 4.98 Å². The third-order valence-corrected chi connectivity index (χ3v) is 3.46. The normalized spacial score (nSPS) is 10.6. The Morgan fingerprint density at radius 1 is 1.28 bits per heavy atom. The molecule has 0 spiro atoms. The minimum atomic E-state index is -0.334. The second-order valence-corrected chi connectivity index (χ2v) is 5.10. The summed E-state index contributed by atoms with van der Waals surface area (Å²) < 4.78 is 0. The molecule has 0 aliphatic rings. The molecular formula is C13H13NO3S. The molecule has 0 atom stereocenters. The number of ketones is 1. The zero-order chi connectivity index (χ0) is 13.3. The van der Waals surface area contributed by atoms with Gasteiger partial charge in [-0.15, -0.1) is 11.3 Å². The van der Waals surface area contributed by atoms with Crippen LogP contribution in [-0.2, 0) is 6.42 Å². The minimum Gasteiger partial charge on any atom is -0.507 e. The van der Waals surface area contributed by atoms with E-state index in [0.29, 0.717) is 10.6 Å². The van der Waals surface area contributed by atoms with Crippen molar-refractivity contribution in [2.24, 2.45) is 0 Å². The predicted octanol–water partition coefficient (Wildman–Crippen LogP) is 2.60. The van der Waals surface area contributed by atoms with Crippen LogP contribution in [0.4, 0.5) is 0 Å². The lowest BCUT2D eigenvalue weighted by Gasteiger charge is -2.06. The lowest BCUT2D eigenvalue weighted by atomic mass is 10.0. The Morgan fingerprint density at radius 3 is 2.39 bits per heavy atom. The van der Waals surface area contributed by atoms with Crippen LogP contribution in [0.3, 0.4) is 0 Å². The van der Waals surface area contributed by atoms with Gasteiger partial charge in [-0.25, -0.2) is 4.98 Å². The fourth-order valence-corrected chi connectivity index (χ4v) is 2.51. The maximum atomic E-state index is 12.0. The summed E-state index contributed by atoms with van der Waals surface area (Å²) in [5, 5.41) is 22.0. The first-order valence-corrected chi connectivity index (χ1v) is 6.32. The summed E-state index contributed by atoms with van der Waals surface area (Å²) in [6.45, 7) is 3.59. The van der Waals surface area contributed by atoms with E-state index < -0.39 is 0 Å². The molecule has 2 rings (SSSR count). The van der Waals surface area contributed by atoms with Crippen LogP contribution in [0.5, 0.6) is 11.5 Å². The molecule has 1 aromatic carbocycles. The summed E-state index contributed by atoms with van der Waals surface area (Å²) in [6, 6.07) is 2.92. The molecule has 4 nitrogen and oxygen atoms in total.